The molecule has 5 nitrogen and oxygen atoms in total. The fourth-order valence-electron chi connectivity index (χ4n) is 2.73. The standard InChI is InChI=1S/C16H24N4O/c1-20(2)15-13(16(21)18-10-11-3-4-11)9-12-5-7-17-8-6-14(12)19-15/h9,11,17H,3-8,10H2,1-2H3,(H,18,21). The molecule has 0 spiro atoms. The SMILES string of the molecule is CN(C)c1nc2c(cc1C(=O)NCC1CC1)CCNCC2. The molecule has 1 aromatic heterocycles. The number of rotatable bonds is 4. The number of nitrogens with one attached hydrogen (secondary N) is 2. The van der Waals surface area contributed by atoms with Crippen LogP contribution in [0.1, 0.15) is 34.5 Å². The molecule has 114 valence electrons. The molecule has 0 radical (unpaired) electrons. The molecule has 21 heavy (non-hydrogen) atoms. The first-order chi connectivity index (χ1) is 10.1. The number of hydrogen-bond acceptors (Lipinski definition) is 4. The number of fused-ring (bicyclic) bond motifs is 1. The van der Waals surface area contributed by atoms with E-state index in [1.54, 1.807) is 0 Å². The number of anilines is 1. The highest BCUT2D eigenvalue weighted by Gasteiger charge is 2.24. The summed E-state index contributed by atoms with van der Waals surface area (Å²) in [6, 6.07) is 2.05. The van der Waals surface area contributed by atoms with Crippen LogP contribution in [0.15, 0.2) is 6.07 Å². The third-order valence-corrected chi connectivity index (χ3v) is 4.20. The Bertz CT molecular complexity index is 537. The van der Waals surface area contributed by atoms with E-state index in [-0.39, 0.29) is 5.91 Å². The molecule has 1 fully saturated rings. The van der Waals surface area contributed by atoms with Gasteiger partial charge >= 0.3 is 0 Å². The maximum atomic E-state index is 12.5. The maximum absolute atomic E-state index is 12.5. The lowest BCUT2D eigenvalue weighted by molar-refractivity contribution is 0.0952. The van der Waals surface area contributed by atoms with E-state index >= 15 is 0 Å². The molecule has 2 N–H and O–H groups in total. The topological polar surface area (TPSA) is 57.3 Å². The zero-order valence-electron chi connectivity index (χ0n) is 12.9. The van der Waals surface area contributed by atoms with Crippen LogP contribution in [0, 0.1) is 5.92 Å². The van der Waals surface area contributed by atoms with Crippen LogP contribution in [-0.4, -0.2) is 44.6 Å². The van der Waals surface area contributed by atoms with Crippen LogP contribution < -0.4 is 15.5 Å². The number of amides is 1. The molecule has 5 heteroatoms. The minimum atomic E-state index is 0.0121. The molecule has 3 rings (SSSR count). The van der Waals surface area contributed by atoms with Crippen LogP contribution >= 0.6 is 0 Å². The van der Waals surface area contributed by atoms with Crippen molar-refractivity contribution in [2.75, 3.05) is 38.6 Å². The molecular formula is C16H24N4O. The summed E-state index contributed by atoms with van der Waals surface area (Å²) in [4.78, 5) is 19.2. The van der Waals surface area contributed by atoms with Crippen molar-refractivity contribution < 1.29 is 4.79 Å². The van der Waals surface area contributed by atoms with Gasteiger partial charge in [0.15, 0.2) is 0 Å². The first-order valence-electron chi connectivity index (χ1n) is 7.84. The second-order valence-electron chi connectivity index (χ2n) is 6.26. The molecular weight excluding hydrogens is 264 g/mol. The van der Waals surface area contributed by atoms with Crippen LogP contribution in [-0.2, 0) is 12.8 Å². The molecule has 1 saturated carbocycles. The van der Waals surface area contributed by atoms with Gasteiger partial charge in [0, 0.05) is 39.3 Å². The van der Waals surface area contributed by atoms with Gasteiger partial charge < -0.3 is 15.5 Å². The van der Waals surface area contributed by atoms with E-state index in [2.05, 4.69) is 10.6 Å². The van der Waals surface area contributed by atoms with E-state index < -0.39 is 0 Å². The number of hydrogen-bond donors (Lipinski definition) is 2. The average molecular weight is 288 g/mol. The molecule has 0 unspecified atom stereocenters. The molecule has 2 aliphatic rings. The summed E-state index contributed by atoms with van der Waals surface area (Å²) in [5.41, 5.74) is 3.05. The second-order valence-corrected chi connectivity index (χ2v) is 6.26. The minimum Gasteiger partial charge on any atom is -0.362 e. The third-order valence-electron chi connectivity index (χ3n) is 4.20. The Morgan fingerprint density at radius 1 is 1.38 bits per heavy atom. The van der Waals surface area contributed by atoms with E-state index in [9.17, 15) is 4.79 Å². The van der Waals surface area contributed by atoms with E-state index in [0.29, 0.717) is 11.5 Å². The molecule has 2 heterocycles. The van der Waals surface area contributed by atoms with Gasteiger partial charge in [0.25, 0.3) is 5.91 Å². The minimum absolute atomic E-state index is 0.0121. The van der Waals surface area contributed by atoms with Crippen molar-refractivity contribution in [2.45, 2.75) is 25.7 Å². The van der Waals surface area contributed by atoms with Gasteiger partial charge in [-0.05, 0) is 43.4 Å². The van der Waals surface area contributed by atoms with Crippen LogP contribution in [0.25, 0.3) is 0 Å². The Hall–Kier alpha value is -1.62. The fourth-order valence-corrected chi connectivity index (χ4v) is 2.73. The highest BCUT2D eigenvalue weighted by molar-refractivity contribution is 5.99. The van der Waals surface area contributed by atoms with Crippen molar-refractivity contribution in [3.8, 4) is 0 Å². The Morgan fingerprint density at radius 2 is 2.14 bits per heavy atom. The van der Waals surface area contributed by atoms with Gasteiger partial charge in [-0.25, -0.2) is 4.98 Å². The summed E-state index contributed by atoms with van der Waals surface area (Å²) in [5, 5.41) is 6.44. The highest BCUT2D eigenvalue weighted by Crippen LogP contribution is 2.28. The summed E-state index contributed by atoms with van der Waals surface area (Å²) in [6.45, 7) is 2.71. The quantitative estimate of drug-likeness (QED) is 0.867. The Kier molecular flexibility index (Phi) is 4.10. The largest absolute Gasteiger partial charge is 0.362 e. The Labute approximate surface area is 126 Å². The lowest BCUT2D eigenvalue weighted by Crippen LogP contribution is -2.28. The number of carbonyl (C=O) groups excluding carboxylic acids is 1. The lowest BCUT2D eigenvalue weighted by atomic mass is 10.0. The van der Waals surface area contributed by atoms with Crippen molar-refractivity contribution in [2.24, 2.45) is 5.92 Å². The van der Waals surface area contributed by atoms with Gasteiger partial charge in [0.05, 0.1) is 5.56 Å². The monoisotopic (exact) mass is 288 g/mol. The lowest BCUT2D eigenvalue weighted by Gasteiger charge is -2.19. The first-order valence-corrected chi connectivity index (χ1v) is 7.84. The number of pyridine rings is 1. The molecule has 0 saturated heterocycles. The van der Waals surface area contributed by atoms with Crippen LogP contribution in [0.3, 0.4) is 0 Å². The molecule has 1 aliphatic carbocycles. The normalized spacial score (nSPS) is 17.8. The third kappa shape index (κ3) is 3.35. The molecule has 0 bridgehead atoms. The predicted octanol–water partition coefficient (Wildman–Crippen LogP) is 0.976. The summed E-state index contributed by atoms with van der Waals surface area (Å²) in [7, 11) is 3.89. The second kappa shape index (κ2) is 6.02. The molecule has 1 aliphatic heterocycles. The van der Waals surface area contributed by atoms with Crippen molar-refractivity contribution in [1.82, 2.24) is 15.6 Å². The van der Waals surface area contributed by atoms with E-state index in [1.165, 1.54) is 18.4 Å². The smallest absolute Gasteiger partial charge is 0.255 e. The fraction of sp³-hybridized carbons (Fsp3) is 0.625. The molecule has 0 aromatic carbocycles. The highest BCUT2D eigenvalue weighted by atomic mass is 16.1. The average Bonchev–Trinajstić information content (AvgIpc) is 3.29. The maximum Gasteiger partial charge on any atom is 0.255 e. The zero-order valence-corrected chi connectivity index (χ0v) is 12.9. The Morgan fingerprint density at radius 3 is 2.86 bits per heavy atom. The number of carbonyl (C=O) groups is 1. The number of nitrogens with zero attached hydrogens (tertiary/aromatic N) is 2. The van der Waals surface area contributed by atoms with Gasteiger partial charge in [-0.1, -0.05) is 0 Å². The van der Waals surface area contributed by atoms with Gasteiger partial charge in [0.2, 0.25) is 0 Å². The van der Waals surface area contributed by atoms with E-state index in [1.807, 2.05) is 25.1 Å². The van der Waals surface area contributed by atoms with Crippen LogP contribution in [0.2, 0.25) is 0 Å². The Balaban J connectivity index is 1.88. The first kappa shape index (κ1) is 14.3. The van der Waals surface area contributed by atoms with Crippen molar-refractivity contribution in [3.05, 3.63) is 22.9 Å². The van der Waals surface area contributed by atoms with Crippen LogP contribution in [0.5, 0.6) is 0 Å². The van der Waals surface area contributed by atoms with Gasteiger partial charge in [0.1, 0.15) is 5.82 Å². The number of aromatic nitrogens is 1. The molecule has 0 atom stereocenters. The van der Waals surface area contributed by atoms with Gasteiger partial charge in [-0.15, -0.1) is 0 Å². The van der Waals surface area contributed by atoms with Crippen molar-refractivity contribution in [1.29, 1.82) is 0 Å². The summed E-state index contributed by atoms with van der Waals surface area (Å²) < 4.78 is 0. The summed E-state index contributed by atoms with van der Waals surface area (Å²) >= 11 is 0. The summed E-state index contributed by atoms with van der Waals surface area (Å²) in [5.74, 6) is 1.48. The van der Waals surface area contributed by atoms with Crippen LogP contribution in [0.4, 0.5) is 5.82 Å². The zero-order chi connectivity index (χ0) is 14.8. The van der Waals surface area contributed by atoms with Gasteiger partial charge in [-0.3, -0.25) is 4.79 Å². The molecule has 1 aromatic rings. The van der Waals surface area contributed by atoms with Gasteiger partial charge in [-0.2, -0.15) is 0 Å². The van der Waals surface area contributed by atoms with E-state index in [4.69, 9.17) is 4.98 Å². The van der Waals surface area contributed by atoms with Crippen molar-refractivity contribution >= 4 is 11.7 Å². The summed E-state index contributed by atoms with van der Waals surface area (Å²) in [6.07, 6.45) is 4.36. The van der Waals surface area contributed by atoms with E-state index in [0.717, 1.165) is 44.0 Å². The van der Waals surface area contributed by atoms with Crippen molar-refractivity contribution in [3.63, 3.8) is 0 Å². The molecule has 1 amide bonds. The predicted molar refractivity (Wildman–Crippen MR) is 83.9 cm³/mol.